The van der Waals surface area contributed by atoms with Crippen molar-refractivity contribution in [1.82, 2.24) is 0 Å². The Morgan fingerprint density at radius 1 is 0.730 bits per heavy atom. The molecule has 3 aromatic rings. The van der Waals surface area contributed by atoms with E-state index in [0.29, 0.717) is 11.3 Å². The number of aryl methyl sites for hydroxylation is 2. The molecule has 6 rings (SSSR count). The topological polar surface area (TPSA) is 63.7 Å². The number of rotatable bonds is 4. The van der Waals surface area contributed by atoms with Crippen molar-refractivity contribution < 1.29 is 19.1 Å². The lowest BCUT2D eigenvalue weighted by Crippen LogP contribution is -2.33. The van der Waals surface area contributed by atoms with Gasteiger partial charge in [0, 0.05) is 11.8 Å². The summed E-state index contributed by atoms with van der Waals surface area (Å²) in [4.78, 5) is 40.9. The Morgan fingerprint density at radius 3 is 1.73 bits per heavy atom. The lowest BCUT2D eigenvalue weighted by atomic mass is 9.85. The van der Waals surface area contributed by atoms with Gasteiger partial charge in [0.05, 0.1) is 30.2 Å². The Bertz CT molecular complexity index is 1410. The largest absolute Gasteiger partial charge is 0.465 e. The van der Waals surface area contributed by atoms with E-state index in [0.717, 1.165) is 22.3 Å². The molecule has 1 heterocycles. The fourth-order valence-electron chi connectivity index (χ4n) is 6.18. The first kappa shape index (κ1) is 23.2. The first-order valence-corrected chi connectivity index (χ1v) is 12.5. The van der Waals surface area contributed by atoms with Gasteiger partial charge in [-0.1, -0.05) is 77.9 Å². The number of carbonyl (C=O) groups is 3. The maximum atomic E-state index is 13.8. The summed E-state index contributed by atoms with van der Waals surface area (Å²) in [6, 6.07) is 23.4. The third-order valence-corrected chi connectivity index (χ3v) is 7.91. The Morgan fingerprint density at radius 2 is 1.24 bits per heavy atom. The molecule has 0 unspecified atom stereocenters. The van der Waals surface area contributed by atoms with Gasteiger partial charge in [0.2, 0.25) is 11.8 Å². The van der Waals surface area contributed by atoms with Crippen LogP contribution in [-0.4, -0.2) is 24.9 Å². The first-order chi connectivity index (χ1) is 17.9. The van der Waals surface area contributed by atoms with Gasteiger partial charge in [0.25, 0.3) is 0 Å². The minimum atomic E-state index is -0.506. The lowest BCUT2D eigenvalue weighted by molar-refractivity contribution is -0.122. The number of methoxy groups -OCH3 is 1. The summed E-state index contributed by atoms with van der Waals surface area (Å²) in [5, 5.41) is 0. The second kappa shape index (κ2) is 8.70. The van der Waals surface area contributed by atoms with Gasteiger partial charge in [0.15, 0.2) is 0 Å². The summed E-state index contributed by atoms with van der Waals surface area (Å²) >= 11 is 0. The molecule has 2 bridgehead atoms. The van der Waals surface area contributed by atoms with Crippen molar-refractivity contribution in [2.45, 2.75) is 13.8 Å². The molecule has 2 amide bonds. The van der Waals surface area contributed by atoms with Crippen LogP contribution in [0.3, 0.4) is 0 Å². The average Bonchev–Trinajstić information content (AvgIpc) is 3.55. The minimum absolute atomic E-state index is 0.155. The number of hydrogen-bond donors (Lipinski definition) is 0. The van der Waals surface area contributed by atoms with Crippen LogP contribution in [-0.2, 0) is 14.3 Å². The van der Waals surface area contributed by atoms with Crippen LogP contribution in [0.15, 0.2) is 90.5 Å². The van der Waals surface area contributed by atoms with Gasteiger partial charge in [-0.25, -0.2) is 9.69 Å². The molecule has 184 valence electrons. The second-order valence-corrected chi connectivity index (χ2v) is 10.1. The van der Waals surface area contributed by atoms with Crippen LogP contribution in [0.25, 0.3) is 5.57 Å². The minimum Gasteiger partial charge on any atom is -0.465 e. The van der Waals surface area contributed by atoms with Gasteiger partial charge in [0.1, 0.15) is 0 Å². The maximum Gasteiger partial charge on any atom is 0.337 e. The Labute approximate surface area is 216 Å². The van der Waals surface area contributed by atoms with Crippen LogP contribution >= 0.6 is 0 Å². The molecule has 4 atom stereocenters. The molecule has 37 heavy (non-hydrogen) atoms. The Hall–Kier alpha value is -4.25. The van der Waals surface area contributed by atoms with Crippen molar-refractivity contribution in [2.75, 3.05) is 12.0 Å². The molecule has 3 aliphatic rings. The Balaban J connectivity index is 1.45. The number of anilines is 1. The molecule has 1 saturated carbocycles. The number of benzene rings is 3. The van der Waals surface area contributed by atoms with Crippen molar-refractivity contribution in [3.63, 3.8) is 0 Å². The van der Waals surface area contributed by atoms with Crippen LogP contribution in [0.5, 0.6) is 0 Å². The molecule has 0 spiro atoms. The van der Waals surface area contributed by atoms with Gasteiger partial charge in [-0.15, -0.1) is 0 Å². The summed E-state index contributed by atoms with van der Waals surface area (Å²) in [5.41, 5.74) is 7.50. The zero-order valence-corrected chi connectivity index (χ0v) is 21.0. The van der Waals surface area contributed by atoms with E-state index in [1.165, 1.54) is 23.1 Å². The third-order valence-electron chi connectivity index (χ3n) is 7.91. The summed E-state index contributed by atoms with van der Waals surface area (Å²) in [6.07, 6.45) is 4.20. The molecule has 0 radical (unpaired) electrons. The number of ether oxygens (including phenoxy) is 1. The number of hydrogen-bond acceptors (Lipinski definition) is 4. The molecule has 1 aliphatic heterocycles. The fourth-order valence-corrected chi connectivity index (χ4v) is 6.18. The van der Waals surface area contributed by atoms with Crippen molar-refractivity contribution in [3.05, 3.63) is 118 Å². The standard InChI is InChI=1S/C32H27NO4/c1-18-7-11-20(12-8-18)26(21-13-9-19(2)10-14-21)27-24-15-16-25(27)29-28(24)30(34)33(31(29)35)23-6-4-5-22(17-23)32(36)37-3/h4-17,24-25,28-29H,1-3H3/t24-,25+,28-,29+. The van der Waals surface area contributed by atoms with Gasteiger partial charge >= 0.3 is 5.97 Å². The number of allylic oxidation sites excluding steroid dienone is 3. The maximum absolute atomic E-state index is 13.8. The number of fused-ring (bicyclic) bond motifs is 5. The first-order valence-electron chi connectivity index (χ1n) is 12.5. The quantitative estimate of drug-likeness (QED) is 0.275. The molecule has 2 aliphatic carbocycles. The zero-order chi connectivity index (χ0) is 25.8. The van der Waals surface area contributed by atoms with Gasteiger partial charge < -0.3 is 4.74 Å². The average molecular weight is 490 g/mol. The van der Waals surface area contributed by atoms with E-state index in [9.17, 15) is 14.4 Å². The van der Waals surface area contributed by atoms with Crippen molar-refractivity contribution in [1.29, 1.82) is 0 Å². The van der Waals surface area contributed by atoms with Crippen LogP contribution in [0.1, 0.15) is 32.6 Å². The van der Waals surface area contributed by atoms with E-state index >= 15 is 0 Å². The number of esters is 1. The third kappa shape index (κ3) is 3.57. The van der Waals surface area contributed by atoms with Crippen LogP contribution < -0.4 is 4.90 Å². The number of carbonyl (C=O) groups excluding carboxylic acids is 3. The highest BCUT2D eigenvalue weighted by molar-refractivity contribution is 6.23. The predicted molar refractivity (Wildman–Crippen MR) is 142 cm³/mol. The monoisotopic (exact) mass is 489 g/mol. The van der Waals surface area contributed by atoms with E-state index in [2.05, 4.69) is 74.5 Å². The van der Waals surface area contributed by atoms with Gasteiger partial charge in [-0.3, -0.25) is 9.59 Å². The predicted octanol–water partition coefficient (Wildman–Crippen LogP) is 5.51. The van der Waals surface area contributed by atoms with Crippen LogP contribution in [0.4, 0.5) is 5.69 Å². The molecular weight excluding hydrogens is 462 g/mol. The normalized spacial score (nSPS) is 23.5. The summed E-state index contributed by atoms with van der Waals surface area (Å²) in [7, 11) is 1.31. The zero-order valence-electron chi connectivity index (χ0n) is 21.0. The SMILES string of the molecule is COC(=O)c1cccc(N2C(=O)[C@@H]3[C@H](C2=O)[C@@H]2C=C[C@H]3C2=C(c2ccc(C)cc2)c2ccc(C)cc2)c1. The second-order valence-electron chi connectivity index (χ2n) is 10.1. The molecule has 2 fully saturated rings. The number of amides is 2. The molecule has 1 saturated heterocycles. The molecule has 5 heteroatoms. The van der Waals surface area contributed by atoms with Crippen LogP contribution in [0.2, 0.25) is 0 Å². The van der Waals surface area contributed by atoms with Crippen molar-refractivity contribution in [2.24, 2.45) is 23.7 Å². The van der Waals surface area contributed by atoms with Gasteiger partial charge in [-0.05, 0) is 54.3 Å². The molecule has 0 aromatic heterocycles. The lowest BCUT2D eigenvalue weighted by Gasteiger charge is -2.22. The molecule has 3 aromatic carbocycles. The fraction of sp³-hybridized carbons (Fsp3) is 0.219. The van der Waals surface area contributed by atoms with E-state index in [4.69, 9.17) is 4.74 Å². The van der Waals surface area contributed by atoms with Crippen molar-refractivity contribution >= 4 is 29.0 Å². The highest BCUT2D eigenvalue weighted by Gasteiger charge is 2.62. The van der Waals surface area contributed by atoms with Crippen LogP contribution in [0, 0.1) is 37.5 Å². The molecule has 5 nitrogen and oxygen atoms in total. The molecule has 0 N–H and O–H groups in total. The highest BCUT2D eigenvalue weighted by Crippen LogP contribution is 2.58. The summed E-state index contributed by atoms with van der Waals surface area (Å²) in [6.45, 7) is 4.13. The van der Waals surface area contributed by atoms with E-state index in [-0.39, 0.29) is 23.7 Å². The summed E-state index contributed by atoms with van der Waals surface area (Å²) in [5.74, 6) is -2.14. The van der Waals surface area contributed by atoms with Gasteiger partial charge in [-0.2, -0.15) is 0 Å². The smallest absolute Gasteiger partial charge is 0.337 e. The Kier molecular flexibility index (Phi) is 5.45. The van der Waals surface area contributed by atoms with Crippen molar-refractivity contribution in [3.8, 4) is 0 Å². The number of nitrogens with zero attached hydrogens (tertiary/aromatic N) is 1. The summed E-state index contributed by atoms with van der Waals surface area (Å²) < 4.78 is 4.82. The number of imide groups is 1. The van der Waals surface area contributed by atoms with E-state index in [1.807, 2.05) is 0 Å². The van der Waals surface area contributed by atoms with E-state index in [1.54, 1.807) is 24.3 Å². The highest BCUT2D eigenvalue weighted by atomic mass is 16.5. The van der Waals surface area contributed by atoms with E-state index < -0.39 is 17.8 Å². The molecular formula is C32H27NO4.